The minimum Gasteiger partial charge on any atom is -0.490 e. The summed E-state index contributed by atoms with van der Waals surface area (Å²) in [7, 11) is 0. The second-order valence-electron chi connectivity index (χ2n) is 5.09. The number of aliphatic carboxylic acids is 1. The van der Waals surface area contributed by atoms with E-state index < -0.39 is 5.97 Å². The Bertz CT molecular complexity index is 823. The molecular weight excluding hydrogens is 334 g/mol. The second-order valence-corrected chi connectivity index (χ2v) is 5.09. The smallest absolute Gasteiger partial charge is 0.346 e. The highest BCUT2D eigenvalue weighted by Crippen LogP contribution is 2.26. The van der Waals surface area contributed by atoms with Gasteiger partial charge in [0.15, 0.2) is 11.5 Å². The molecule has 0 unspecified atom stereocenters. The van der Waals surface area contributed by atoms with Crippen molar-refractivity contribution >= 4 is 12.0 Å². The fourth-order valence-corrected chi connectivity index (χ4v) is 2.18. The van der Waals surface area contributed by atoms with Crippen molar-refractivity contribution in [1.82, 2.24) is 0 Å². The van der Waals surface area contributed by atoms with Crippen LogP contribution in [0.4, 0.5) is 0 Å². The topological polar surface area (TPSA) is 88.8 Å². The van der Waals surface area contributed by atoms with E-state index in [0.29, 0.717) is 29.4 Å². The maximum atomic E-state index is 11.0. The summed E-state index contributed by atoms with van der Waals surface area (Å²) in [5.41, 5.74) is 0.157. The predicted octanol–water partition coefficient (Wildman–Crippen LogP) is 3.53. The molecule has 2 aromatic rings. The summed E-state index contributed by atoms with van der Waals surface area (Å²) in [4.78, 5) is 11.0. The Balaban J connectivity index is 1.99. The number of carboxylic acid groups (broad SMARTS) is 1. The van der Waals surface area contributed by atoms with Crippen LogP contribution in [0.1, 0.15) is 12.5 Å². The molecule has 0 bridgehead atoms. The lowest BCUT2D eigenvalue weighted by atomic mass is 10.1. The van der Waals surface area contributed by atoms with Crippen molar-refractivity contribution in [1.29, 1.82) is 5.26 Å². The van der Waals surface area contributed by atoms with Crippen molar-refractivity contribution in [3.63, 3.8) is 0 Å². The molecule has 0 aliphatic heterocycles. The van der Waals surface area contributed by atoms with Crippen LogP contribution in [0.25, 0.3) is 6.08 Å². The predicted molar refractivity (Wildman–Crippen MR) is 96.3 cm³/mol. The van der Waals surface area contributed by atoms with E-state index in [9.17, 15) is 4.79 Å². The number of nitrogens with zero attached hydrogens (tertiary/aromatic N) is 1. The Kier molecular flexibility index (Phi) is 7.07. The number of rotatable bonds is 9. The van der Waals surface area contributed by atoms with E-state index in [1.54, 1.807) is 30.3 Å². The highest BCUT2D eigenvalue weighted by atomic mass is 16.5. The fraction of sp³-hybridized carbons (Fsp3) is 0.200. The van der Waals surface area contributed by atoms with Crippen LogP contribution in [0, 0.1) is 11.3 Å². The van der Waals surface area contributed by atoms with Crippen LogP contribution < -0.4 is 14.2 Å². The lowest BCUT2D eigenvalue weighted by Crippen LogP contribution is -2.10. The van der Waals surface area contributed by atoms with Crippen LogP contribution in [0.5, 0.6) is 17.2 Å². The molecule has 0 heterocycles. The Hall–Kier alpha value is -3.46. The van der Waals surface area contributed by atoms with Crippen molar-refractivity contribution in [2.45, 2.75) is 6.92 Å². The molecule has 2 rings (SSSR count). The van der Waals surface area contributed by atoms with Gasteiger partial charge in [-0.25, -0.2) is 4.79 Å². The van der Waals surface area contributed by atoms with Crippen molar-refractivity contribution in [2.24, 2.45) is 0 Å². The maximum Gasteiger partial charge on any atom is 0.346 e. The van der Waals surface area contributed by atoms with Crippen molar-refractivity contribution in [3.05, 3.63) is 59.7 Å². The lowest BCUT2D eigenvalue weighted by molar-refractivity contribution is -0.132. The third-order valence-corrected chi connectivity index (χ3v) is 3.32. The molecule has 134 valence electrons. The second kappa shape index (κ2) is 9.74. The van der Waals surface area contributed by atoms with Gasteiger partial charge in [-0.1, -0.05) is 30.3 Å². The minimum atomic E-state index is -1.28. The number of benzene rings is 2. The minimum absolute atomic E-state index is 0.250. The molecule has 0 atom stereocenters. The molecule has 6 heteroatoms. The van der Waals surface area contributed by atoms with Gasteiger partial charge in [-0.15, -0.1) is 0 Å². The van der Waals surface area contributed by atoms with Crippen LogP contribution in [0.2, 0.25) is 0 Å². The first-order valence-electron chi connectivity index (χ1n) is 8.07. The summed E-state index contributed by atoms with van der Waals surface area (Å²) in [6.07, 6.45) is 1.28. The molecule has 0 aromatic heterocycles. The van der Waals surface area contributed by atoms with Gasteiger partial charge >= 0.3 is 5.97 Å². The summed E-state index contributed by atoms with van der Waals surface area (Å²) >= 11 is 0. The SMILES string of the molecule is CCOc1ccccc1OCCOc1ccccc1C=C(C#N)C(=O)O. The van der Waals surface area contributed by atoms with Gasteiger partial charge in [-0.2, -0.15) is 5.26 Å². The molecule has 0 aliphatic rings. The van der Waals surface area contributed by atoms with E-state index >= 15 is 0 Å². The number of carboxylic acids is 1. The Morgan fingerprint density at radius 2 is 1.54 bits per heavy atom. The molecule has 0 saturated heterocycles. The molecule has 0 aliphatic carbocycles. The van der Waals surface area contributed by atoms with E-state index in [0.717, 1.165) is 0 Å². The highest BCUT2D eigenvalue weighted by Gasteiger charge is 2.09. The van der Waals surface area contributed by atoms with Crippen molar-refractivity contribution in [3.8, 4) is 23.3 Å². The lowest BCUT2D eigenvalue weighted by Gasteiger charge is -2.13. The molecule has 2 aromatic carbocycles. The summed E-state index contributed by atoms with van der Waals surface area (Å²) in [6, 6.07) is 15.9. The third-order valence-electron chi connectivity index (χ3n) is 3.32. The van der Waals surface area contributed by atoms with E-state index in [2.05, 4.69) is 0 Å². The number of ether oxygens (including phenoxy) is 3. The Morgan fingerprint density at radius 3 is 2.12 bits per heavy atom. The van der Waals surface area contributed by atoms with Crippen molar-refractivity contribution in [2.75, 3.05) is 19.8 Å². The number of carbonyl (C=O) groups is 1. The average molecular weight is 353 g/mol. The molecular formula is C20H19NO5. The van der Waals surface area contributed by atoms with Gasteiger partial charge in [-0.3, -0.25) is 0 Å². The van der Waals surface area contributed by atoms with Gasteiger partial charge in [0.05, 0.1) is 6.61 Å². The van der Waals surface area contributed by atoms with Gasteiger partial charge in [0.2, 0.25) is 0 Å². The molecule has 0 amide bonds. The molecule has 0 fully saturated rings. The van der Waals surface area contributed by atoms with E-state index in [1.165, 1.54) is 6.08 Å². The normalized spacial score (nSPS) is 10.7. The first kappa shape index (κ1) is 18.9. The summed E-state index contributed by atoms with van der Waals surface area (Å²) in [5.74, 6) is 0.489. The zero-order chi connectivity index (χ0) is 18.8. The fourth-order valence-electron chi connectivity index (χ4n) is 2.18. The van der Waals surface area contributed by atoms with Gasteiger partial charge in [0.1, 0.15) is 30.6 Å². The monoisotopic (exact) mass is 353 g/mol. The molecule has 6 nitrogen and oxygen atoms in total. The largest absolute Gasteiger partial charge is 0.490 e. The summed E-state index contributed by atoms with van der Waals surface area (Å²) in [5, 5.41) is 17.9. The number of hydrogen-bond acceptors (Lipinski definition) is 5. The third kappa shape index (κ3) is 5.28. The number of para-hydroxylation sites is 3. The zero-order valence-electron chi connectivity index (χ0n) is 14.3. The van der Waals surface area contributed by atoms with E-state index in [-0.39, 0.29) is 18.8 Å². The molecule has 0 spiro atoms. The van der Waals surface area contributed by atoms with Crippen LogP contribution in [-0.2, 0) is 4.79 Å². The van der Waals surface area contributed by atoms with Gasteiger partial charge in [0, 0.05) is 5.56 Å². The average Bonchev–Trinajstić information content (AvgIpc) is 2.65. The van der Waals surface area contributed by atoms with E-state index in [1.807, 2.05) is 31.2 Å². The van der Waals surface area contributed by atoms with Gasteiger partial charge in [0.25, 0.3) is 0 Å². The maximum absolute atomic E-state index is 11.0. The molecule has 26 heavy (non-hydrogen) atoms. The van der Waals surface area contributed by atoms with Crippen LogP contribution in [-0.4, -0.2) is 30.9 Å². The summed E-state index contributed by atoms with van der Waals surface area (Å²) in [6.45, 7) is 2.98. The highest BCUT2D eigenvalue weighted by molar-refractivity contribution is 5.96. The van der Waals surface area contributed by atoms with Crippen molar-refractivity contribution < 1.29 is 24.1 Å². The molecule has 0 saturated carbocycles. The summed E-state index contributed by atoms with van der Waals surface area (Å²) < 4.78 is 16.8. The first-order chi connectivity index (χ1) is 12.7. The quantitative estimate of drug-likeness (QED) is 0.421. The first-order valence-corrected chi connectivity index (χ1v) is 8.07. The Morgan fingerprint density at radius 1 is 1.00 bits per heavy atom. The van der Waals surface area contributed by atoms with Crippen LogP contribution >= 0.6 is 0 Å². The van der Waals surface area contributed by atoms with Crippen LogP contribution in [0.15, 0.2) is 54.1 Å². The molecule has 1 N–H and O–H groups in total. The number of nitriles is 1. The zero-order valence-corrected chi connectivity index (χ0v) is 14.3. The standard InChI is InChI=1S/C20H19NO5/c1-2-24-18-9-5-6-10-19(18)26-12-11-25-17-8-4-3-7-15(17)13-16(14-21)20(22)23/h3-10,13H,2,11-12H2,1H3,(H,22,23). The van der Waals surface area contributed by atoms with E-state index in [4.69, 9.17) is 24.6 Å². The Labute approximate surface area is 151 Å². The van der Waals surface area contributed by atoms with Crippen LogP contribution in [0.3, 0.4) is 0 Å². The van der Waals surface area contributed by atoms with Gasteiger partial charge in [-0.05, 0) is 31.2 Å². The molecule has 0 radical (unpaired) electrons. The number of hydrogen-bond donors (Lipinski definition) is 1. The van der Waals surface area contributed by atoms with Gasteiger partial charge < -0.3 is 19.3 Å².